The Morgan fingerprint density at radius 3 is 0.989 bits per heavy atom. The Hall–Kier alpha value is -3.41. The van der Waals surface area contributed by atoms with Crippen molar-refractivity contribution >= 4 is 5.91 Å². The summed E-state index contributed by atoms with van der Waals surface area (Å²) in [6.07, 6.45) is 100. The van der Waals surface area contributed by atoms with E-state index in [9.17, 15) is 30.3 Å². The summed E-state index contributed by atoms with van der Waals surface area (Å²) in [5.41, 5.74) is 0. The first-order valence-corrected chi connectivity index (χ1v) is 39.2. The van der Waals surface area contributed by atoms with Crippen molar-refractivity contribution in [1.29, 1.82) is 0 Å². The van der Waals surface area contributed by atoms with E-state index in [0.717, 1.165) is 128 Å². The average Bonchev–Trinajstić information content (AvgIpc) is 1.01. The summed E-state index contributed by atoms with van der Waals surface area (Å²) in [6, 6.07) is -0.739. The zero-order valence-electron chi connectivity index (χ0n) is 60.2. The van der Waals surface area contributed by atoms with Crippen LogP contribution < -0.4 is 5.32 Å². The second-order valence-corrected chi connectivity index (χ2v) is 26.8. The van der Waals surface area contributed by atoms with E-state index in [1.165, 1.54) is 193 Å². The Morgan fingerprint density at radius 1 is 0.376 bits per heavy atom. The molecule has 0 aromatic rings. The molecule has 1 aliphatic heterocycles. The van der Waals surface area contributed by atoms with Gasteiger partial charge >= 0.3 is 0 Å². The molecule has 1 amide bonds. The minimum atomic E-state index is -1.57. The van der Waals surface area contributed by atoms with Crippen molar-refractivity contribution in [2.75, 3.05) is 13.2 Å². The van der Waals surface area contributed by atoms with Crippen LogP contribution in [-0.4, -0.2) is 87.5 Å². The lowest BCUT2D eigenvalue weighted by Gasteiger charge is -2.40. The van der Waals surface area contributed by atoms with Gasteiger partial charge in [0, 0.05) is 6.42 Å². The molecule has 7 atom stereocenters. The second-order valence-electron chi connectivity index (χ2n) is 26.8. The maximum atomic E-state index is 13.2. The molecule has 536 valence electrons. The number of ether oxygens (including phenoxy) is 2. The predicted molar refractivity (Wildman–Crippen MR) is 400 cm³/mol. The first-order chi connectivity index (χ1) is 45.8. The number of hydrogen-bond acceptors (Lipinski definition) is 8. The number of carbonyl (C=O) groups is 1. The molecule has 7 unspecified atom stereocenters. The summed E-state index contributed by atoms with van der Waals surface area (Å²) in [6.45, 7) is 3.75. The molecule has 1 rings (SSSR count). The highest BCUT2D eigenvalue weighted by Gasteiger charge is 2.44. The summed E-state index contributed by atoms with van der Waals surface area (Å²) >= 11 is 0. The molecule has 93 heavy (non-hydrogen) atoms. The predicted octanol–water partition coefficient (Wildman–Crippen LogP) is 22.5. The van der Waals surface area contributed by atoms with Crippen LogP contribution in [0.4, 0.5) is 0 Å². The highest BCUT2D eigenvalue weighted by atomic mass is 16.7. The molecule has 1 fully saturated rings. The first kappa shape index (κ1) is 87.6. The second kappa shape index (κ2) is 71.4. The van der Waals surface area contributed by atoms with Crippen molar-refractivity contribution in [1.82, 2.24) is 5.32 Å². The third-order valence-corrected chi connectivity index (χ3v) is 18.1. The van der Waals surface area contributed by atoms with Crippen LogP contribution in [-0.2, 0) is 14.3 Å². The minimum absolute atomic E-state index is 0.150. The molecule has 0 spiro atoms. The van der Waals surface area contributed by atoms with Gasteiger partial charge in [-0.2, -0.15) is 0 Å². The summed E-state index contributed by atoms with van der Waals surface area (Å²) in [7, 11) is 0. The van der Waals surface area contributed by atoms with Crippen molar-refractivity contribution in [2.45, 2.75) is 391 Å². The van der Waals surface area contributed by atoms with E-state index in [1.54, 1.807) is 0 Å². The highest BCUT2D eigenvalue weighted by molar-refractivity contribution is 5.76. The average molecular weight is 1300 g/mol. The van der Waals surface area contributed by atoms with E-state index < -0.39 is 49.5 Å². The lowest BCUT2D eigenvalue weighted by Crippen LogP contribution is -2.60. The maximum Gasteiger partial charge on any atom is 0.220 e. The fraction of sp³-hybridized carbons (Fsp3) is 0.750. The van der Waals surface area contributed by atoms with Crippen LogP contribution in [0.15, 0.2) is 122 Å². The van der Waals surface area contributed by atoms with Gasteiger partial charge in [-0.3, -0.25) is 4.79 Å². The molecule has 6 N–H and O–H groups in total. The number of rotatable bonds is 68. The molecule has 1 saturated heterocycles. The molecule has 0 bridgehead atoms. The van der Waals surface area contributed by atoms with E-state index in [0.29, 0.717) is 12.8 Å². The van der Waals surface area contributed by atoms with Crippen molar-refractivity contribution in [3.8, 4) is 0 Å². The number of unbranched alkanes of at least 4 members (excludes halogenated alkanes) is 38. The van der Waals surface area contributed by atoms with Gasteiger partial charge in [0.15, 0.2) is 6.29 Å². The van der Waals surface area contributed by atoms with Crippen molar-refractivity contribution < 1.29 is 39.8 Å². The molecule has 1 aliphatic rings. The van der Waals surface area contributed by atoms with Crippen LogP contribution in [0.2, 0.25) is 0 Å². The van der Waals surface area contributed by atoms with E-state index in [2.05, 4.69) is 141 Å². The summed E-state index contributed by atoms with van der Waals surface area (Å²) < 4.78 is 11.4. The van der Waals surface area contributed by atoms with Crippen LogP contribution in [0.5, 0.6) is 0 Å². The summed E-state index contributed by atoms with van der Waals surface area (Å²) in [5.74, 6) is -0.159. The maximum absolute atomic E-state index is 13.2. The zero-order chi connectivity index (χ0) is 67.1. The molecule has 0 aliphatic carbocycles. The number of hydrogen-bond donors (Lipinski definition) is 6. The van der Waals surface area contributed by atoms with Gasteiger partial charge in [-0.05, 0) is 89.9 Å². The van der Waals surface area contributed by atoms with Gasteiger partial charge < -0.3 is 40.3 Å². The zero-order valence-corrected chi connectivity index (χ0v) is 60.2. The summed E-state index contributed by atoms with van der Waals surface area (Å²) in [4.78, 5) is 13.2. The van der Waals surface area contributed by atoms with Crippen LogP contribution in [0, 0.1) is 0 Å². The van der Waals surface area contributed by atoms with Gasteiger partial charge in [0.25, 0.3) is 0 Å². The van der Waals surface area contributed by atoms with Gasteiger partial charge in [0.05, 0.1) is 25.4 Å². The van der Waals surface area contributed by atoms with E-state index >= 15 is 0 Å². The van der Waals surface area contributed by atoms with Gasteiger partial charge in [0.2, 0.25) is 5.91 Å². The third-order valence-electron chi connectivity index (χ3n) is 18.1. The lowest BCUT2D eigenvalue weighted by atomic mass is 9.99. The van der Waals surface area contributed by atoms with Crippen molar-refractivity contribution in [2.24, 2.45) is 0 Å². The molecule has 1 heterocycles. The van der Waals surface area contributed by atoms with E-state index in [4.69, 9.17) is 9.47 Å². The number of aliphatic hydroxyl groups excluding tert-OH is 5. The normalized spacial score (nSPS) is 18.3. The number of aliphatic hydroxyl groups is 5. The van der Waals surface area contributed by atoms with Crippen molar-refractivity contribution in [3.05, 3.63) is 122 Å². The molecular formula is C84H147NO8. The number of carbonyl (C=O) groups excluding carboxylic acids is 1. The van der Waals surface area contributed by atoms with Crippen molar-refractivity contribution in [3.63, 3.8) is 0 Å². The Morgan fingerprint density at radius 2 is 0.667 bits per heavy atom. The van der Waals surface area contributed by atoms with Crippen LogP contribution in [0.25, 0.3) is 0 Å². The minimum Gasteiger partial charge on any atom is -0.394 e. The monoisotopic (exact) mass is 1300 g/mol. The molecule has 0 saturated carbocycles. The smallest absolute Gasteiger partial charge is 0.220 e. The van der Waals surface area contributed by atoms with E-state index in [1.807, 2.05) is 0 Å². The quantitative estimate of drug-likeness (QED) is 0.0261. The molecule has 9 nitrogen and oxygen atoms in total. The van der Waals surface area contributed by atoms with E-state index in [-0.39, 0.29) is 12.5 Å². The molecule has 9 heteroatoms. The molecular weight excluding hydrogens is 1150 g/mol. The van der Waals surface area contributed by atoms with Crippen LogP contribution in [0.1, 0.15) is 348 Å². The Balaban J connectivity index is 2.12. The number of allylic oxidation sites excluding steroid dienone is 20. The largest absolute Gasteiger partial charge is 0.394 e. The SMILES string of the molecule is CC/C=C\C/C=C\C/C=C\C/C=C\C/C=C\C/C=C\C/C=C\C/C=C\C/C=C\C/C=C\CCCCCCCCC(=O)NC(COC1OC(CO)C(O)C(O)C1O)C(O)CCCCCCCCCCCCCCCCCCCCCCCCCCCCCCCCCCC. The van der Waals surface area contributed by atoms with Gasteiger partial charge in [-0.25, -0.2) is 0 Å². The summed E-state index contributed by atoms with van der Waals surface area (Å²) in [5, 5.41) is 55.1. The Labute approximate surface area is 573 Å². The number of nitrogens with one attached hydrogen (secondary N) is 1. The third kappa shape index (κ3) is 59.6. The fourth-order valence-electron chi connectivity index (χ4n) is 12.0. The molecule has 0 aromatic carbocycles. The van der Waals surface area contributed by atoms with Gasteiger partial charge in [0.1, 0.15) is 24.4 Å². The van der Waals surface area contributed by atoms with Crippen LogP contribution >= 0.6 is 0 Å². The van der Waals surface area contributed by atoms with Gasteiger partial charge in [-0.15, -0.1) is 0 Å². The fourth-order valence-corrected chi connectivity index (χ4v) is 12.0. The Bertz CT molecular complexity index is 1890. The molecule has 0 radical (unpaired) electrons. The van der Waals surface area contributed by atoms with Crippen LogP contribution in [0.3, 0.4) is 0 Å². The first-order valence-electron chi connectivity index (χ1n) is 39.2. The molecule has 0 aromatic heterocycles. The topological polar surface area (TPSA) is 149 Å². The highest BCUT2D eigenvalue weighted by Crippen LogP contribution is 2.24. The number of amides is 1. The van der Waals surface area contributed by atoms with Gasteiger partial charge in [-0.1, -0.05) is 373 Å². The standard InChI is InChI=1S/C84H147NO8/c1-3-5-7-9-11-13-15-17-19-21-23-25-27-29-31-33-35-37-38-39-40-42-44-46-48-50-52-54-56-58-60-62-64-66-68-70-72-74-80(88)85-77(76-92-84-83(91)82(90)81(89)79(75-86)93-84)78(87)73-71-69-67-65-63-61-59-57-55-53-51-49-47-45-43-41-36-34-32-30-28-26-24-22-20-18-16-14-12-10-8-6-4-2/h5,7,11,13,17,19,23,25,29,31,35,37,39-40,44,46,50,52,56,58,77-79,81-84,86-87,89-91H,3-4,6,8-10,12,14-16,18,20-22,24,26-28,30,32-34,36,38,41-43,45,47-49,51,53-55,57,59-76H2,1-2H3,(H,85,88)/b7-5-,13-11-,19-17-,25-23-,31-29-,37-35-,40-39-,46-44-,52-50-,58-56-. The lowest BCUT2D eigenvalue weighted by molar-refractivity contribution is -0.302. The Kier molecular flexibility index (Phi) is 67.2.